The Balaban J connectivity index is 2.08. The molecule has 2 N–H and O–H groups in total. The van der Waals surface area contributed by atoms with Crippen molar-refractivity contribution in [2.75, 3.05) is 13.1 Å². The van der Waals surface area contributed by atoms with Crippen molar-refractivity contribution in [3.8, 4) is 0 Å². The van der Waals surface area contributed by atoms with Crippen LogP contribution in [-0.4, -0.2) is 29.5 Å². The summed E-state index contributed by atoms with van der Waals surface area (Å²) in [5.41, 5.74) is -1.25. The number of hydrogen-bond donors (Lipinski definition) is 2. The average Bonchev–Trinajstić information content (AvgIpc) is 2.75. The number of carbonyl (C=O) groups is 1. The second kappa shape index (κ2) is 4.80. The Morgan fingerprint density at radius 1 is 1.47 bits per heavy atom. The van der Waals surface area contributed by atoms with Gasteiger partial charge in [0.2, 0.25) is 0 Å². The molecule has 2 heterocycles. The summed E-state index contributed by atoms with van der Waals surface area (Å²) in [6.45, 7) is 3.32. The van der Waals surface area contributed by atoms with Gasteiger partial charge in [0, 0.05) is 12.7 Å². The van der Waals surface area contributed by atoms with Crippen molar-refractivity contribution in [3.05, 3.63) is 29.6 Å². The number of carbonyl (C=O) groups excluding carboxylic acids is 1. The van der Waals surface area contributed by atoms with E-state index in [1.54, 1.807) is 0 Å². The second-order valence-electron chi connectivity index (χ2n) is 4.87. The van der Waals surface area contributed by atoms with E-state index in [9.17, 15) is 18.0 Å². The highest BCUT2D eigenvalue weighted by molar-refractivity contribution is 5.92. The summed E-state index contributed by atoms with van der Waals surface area (Å²) in [4.78, 5) is 15.4. The smallest absolute Gasteiger partial charge is 0.344 e. The average molecular weight is 273 g/mol. The van der Waals surface area contributed by atoms with Crippen LogP contribution in [0.25, 0.3) is 0 Å². The number of amides is 1. The summed E-state index contributed by atoms with van der Waals surface area (Å²) < 4.78 is 37.1. The maximum absolute atomic E-state index is 12.4. The molecule has 4 nitrogen and oxygen atoms in total. The summed E-state index contributed by atoms with van der Waals surface area (Å²) in [7, 11) is 0. The van der Waals surface area contributed by atoms with E-state index in [1.807, 2.05) is 6.92 Å². The van der Waals surface area contributed by atoms with E-state index >= 15 is 0 Å². The lowest BCUT2D eigenvalue weighted by Gasteiger charge is -2.24. The minimum Gasteiger partial charge on any atom is -0.344 e. The second-order valence-corrected chi connectivity index (χ2v) is 4.87. The molecule has 0 aliphatic carbocycles. The Kier molecular flexibility index (Phi) is 3.49. The van der Waals surface area contributed by atoms with Crippen molar-refractivity contribution in [3.63, 3.8) is 0 Å². The number of nitrogens with zero attached hydrogens (tertiary/aromatic N) is 1. The van der Waals surface area contributed by atoms with E-state index in [2.05, 4.69) is 15.6 Å². The third kappa shape index (κ3) is 3.23. The van der Waals surface area contributed by atoms with Gasteiger partial charge in [-0.25, -0.2) is 0 Å². The quantitative estimate of drug-likeness (QED) is 0.860. The van der Waals surface area contributed by atoms with Gasteiger partial charge in [0.15, 0.2) is 0 Å². The van der Waals surface area contributed by atoms with E-state index in [-0.39, 0.29) is 11.2 Å². The first-order valence-corrected chi connectivity index (χ1v) is 5.87. The topological polar surface area (TPSA) is 54.0 Å². The molecule has 0 radical (unpaired) electrons. The van der Waals surface area contributed by atoms with Gasteiger partial charge in [-0.2, -0.15) is 13.2 Å². The maximum atomic E-state index is 12.4. The van der Waals surface area contributed by atoms with E-state index in [1.165, 1.54) is 0 Å². The van der Waals surface area contributed by atoms with Crippen LogP contribution in [0.2, 0.25) is 0 Å². The molecule has 1 fully saturated rings. The fourth-order valence-corrected chi connectivity index (χ4v) is 1.96. The van der Waals surface area contributed by atoms with Crippen LogP contribution < -0.4 is 10.6 Å². The molecule has 1 saturated heterocycles. The Bertz CT molecular complexity index is 464. The van der Waals surface area contributed by atoms with Crippen LogP contribution in [0.4, 0.5) is 13.2 Å². The van der Waals surface area contributed by atoms with Crippen LogP contribution in [0.15, 0.2) is 18.3 Å². The number of alkyl halides is 3. The van der Waals surface area contributed by atoms with Gasteiger partial charge in [0.05, 0.1) is 11.1 Å². The molecule has 1 aliphatic rings. The van der Waals surface area contributed by atoms with Gasteiger partial charge in [-0.3, -0.25) is 9.78 Å². The molecular formula is C12H14F3N3O. The molecule has 19 heavy (non-hydrogen) atoms. The molecule has 1 aromatic heterocycles. The Morgan fingerprint density at radius 3 is 2.68 bits per heavy atom. The molecule has 1 amide bonds. The zero-order valence-electron chi connectivity index (χ0n) is 10.3. The van der Waals surface area contributed by atoms with Crippen molar-refractivity contribution < 1.29 is 18.0 Å². The lowest BCUT2D eigenvalue weighted by atomic mass is 10.0. The van der Waals surface area contributed by atoms with E-state index in [0.717, 1.165) is 25.1 Å². The maximum Gasteiger partial charge on any atom is 0.417 e. The number of hydrogen-bond acceptors (Lipinski definition) is 3. The minimum atomic E-state index is -4.44. The van der Waals surface area contributed by atoms with Crippen LogP contribution in [0.5, 0.6) is 0 Å². The first-order valence-electron chi connectivity index (χ1n) is 5.87. The van der Waals surface area contributed by atoms with Crippen LogP contribution in [-0.2, 0) is 6.18 Å². The molecule has 104 valence electrons. The van der Waals surface area contributed by atoms with E-state index in [0.29, 0.717) is 12.7 Å². The highest BCUT2D eigenvalue weighted by Gasteiger charge is 2.32. The van der Waals surface area contributed by atoms with Gasteiger partial charge in [0.25, 0.3) is 5.91 Å². The summed E-state index contributed by atoms with van der Waals surface area (Å²) >= 11 is 0. The van der Waals surface area contributed by atoms with Crippen LogP contribution in [0, 0.1) is 0 Å². The largest absolute Gasteiger partial charge is 0.417 e. The summed E-state index contributed by atoms with van der Waals surface area (Å²) in [5.74, 6) is -0.458. The van der Waals surface area contributed by atoms with Gasteiger partial charge in [0.1, 0.15) is 5.69 Å². The van der Waals surface area contributed by atoms with Gasteiger partial charge < -0.3 is 10.6 Å². The fourth-order valence-electron chi connectivity index (χ4n) is 1.96. The first kappa shape index (κ1) is 13.8. The van der Waals surface area contributed by atoms with Crippen molar-refractivity contribution in [2.24, 2.45) is 0 Å². The Morgan fingerprint density at radius 2 is 2.21 bits per heavy atom. The van der Waals surface area contributed by atoms with Crippen molar-refractivity contribution in [2.45, 2.75) is 25.1 Å². The molecule has 7 heteroatoms. The van der Waals surface area contributed by atoms with Gasteiger partial charge in [-0.15, -0.1) is 0 Å². The van der Waals surface area contributed by atoms with Crippen molar-refractivity contribution >= 4 is 5.91 Å². The first-order chi connectivity index (χ1) is 8.80. The monoisotopic (exact) mass is 273 g/mol. The third-order valence-corrected chi connectivity index (χ3v) is 3.11. The number of nitrogens with one attached hydrogen (secondary N) is 2. The number of rotatable bonds is 2. The molecule has 1 atom stereocenters. The predicted molar refractivity (Wildman–Crippen MR) is 62.6 cm³/mol. The molecule has 0 spiro atoms. The van der Waals surface area contributed by atoms with Gasteiger partial charge in [-0.05, 0) is 32.0 Å². The van der Waals surface area contributed by atoms with Gasteiger partial charge in [-0.1, -0.05) is 0 Å². The molecule has 1 unspecified atom stereocenters. The molecule has 0 saturated carbocycles. The van der Waals surface area contributed by atoms with Crippen molar-refractivity contribution in [1.82, 2.24) is 15.6 Å². The van der Waals surface area contributed by atoms with E-state index < -0.39 is 17.6 Å². The summed E-state index contributed by atoms with van der Waals surface area (Å²) in [5, 5.41) is 5.90. The highest BCUT2D eigenvalue weighted by atomic mass is 19.4. The van der Waals surface area contributed by atoms with Crippen LogP contribution in [0.1, 0.15) is 29.4 Å². The molecule has 0 aromatic carbocycles. The molecule has 0 bridgehead atoms. The van der Waals surface area contributed by atoms with Crippen LogP contribution >= 0.6 is 0 Å². The van der Waals surface area contributed by atoms with E-state index in [4.69, 9.17) is 0 Å². The third-order valence-electron chi connectivity index (χ3n) is 3.11. The molecule has 1 aliphatic heterocycles. The number of aromatic nitrogens is 1. The predicted octanol–water partition coefficient (Wildman–Crippen LogP) is 1.58. The Hall–Kier alpha value is -1.63. The molecule has 1 aromatic rings. The van der Waals surface area contributed by atoms with Crippen molar-refractivity contribution in [1.29, 1.82) is 0 Å². The standard InChI is InChI=1S/C12H14F3N3O/c1-11(4-5-16-7-11)18-10(19)9-3-2-8(6-17-9)12(13,14)15/h2-3,6,16H,4-5,7H2,1H3,(H,18,19). The summed E-state index contributed by atoms with van der Waals surface area (Å²) in [6.07, 6.45) is -2.99. The lowest BCUT2D eigenvalue weighted by Crippen LogP contribution is -2.47. The zero-order valence-corrected chi connectivity index (χ0v) is 10.3. The Labute approximate surface area is 108 Å². The number of halogens is 3. The lowest BCUT2D eigenvalue weighted by molar-refractivity contribution is -0.137. The normalized spacial score (nSPS) is 23.4. The zero-order chi connectivity index (χ0) is 14.1. The molecule has 2 rings (SSSR count). The highest BCUT2D eigenvalue weighted by Crippen LogP contribution is 2.28. The molecular weight excluding hydrogens is 259 g/mol. The summed E-state index contributed by atoms with van der Waals surface area (Å²) in [6, 6.07) is 1.95. The fraction of sp³-hybridized carbons (Fsp3) is 0.500. The SMILES string of the molecule is CC1(NC(=O)c2ccc(C(F)(F)F)cn2)CCNC1. The van der Waals surface area contributed by atoms with Gasteiger partial charge >= 0.3 is 6.18 Å². The van der Waals surface area contributed by atoms with Crippen LogP contribution in [0.3, 0.4) is 0 Å². The minimum absolute atomic E-state index is 0.0128. The number of pyridine rings is 1.